The summed E-state index contributed by atoms with van der Waals surface area (Å²) in [5, 5.41) is 2.99. The third-order valence-corrected chi connectivity index (χ3v) is 6.36. The van der Waals surface area contributed by atoms with Gasteiger partial charge in [0.2, 0.25) is 5.91 Å². The smallest absolute Gasteiger partial charge is 0.318 e. The number of nitrogens with zero attached hydrogens (tertiary/aromatic N) is 3. The average molecular weight is 450 g/mol. The van der Waals surface area contributed by atoms with Crippen LogP contribution >= 0.6 is 0 Å². The fourth-order valence-electron chi connectivity index (χ4n) is 4.67. The second-order valence-corrected chi connectivity index (χ2v) is 8.59. The number of benzene rings is 2. The molecule has 1 N–H and O–H groups in total. The summed E-state index contributed by atoms with van der Waals surface area (Å²) >= 11 is 0. The summed E-state index contributed by atoms with van der Waals surface area (Å²) in [6, 6.07) is 13.9. The first-order valence-corrected chi connectivity index (χ1v) is 10.9. The third-order valence-electron chi connectivity index (χ3n) is 6.36. The van der Waals surface area contributed by atoms with E-state index in [1.165, 1.54) is 6.07 Å². The normalized spacial score (nSPS) is 20.2. The summed E-state index contributed by atoms with van der Waals surface area (Å²) in [7, 11) is 0. The molecular formula is C25H24F2N4O2. The number of halogens is 2. The van der Waals surface area contributed by atoms with Gasteiger partial charge in [-0.25, -0.2) is 13.6 Å². The van der Waals surface area contributed by atoms with E-state index in [1.54, 1.807) is 9.80 Å². The molecule has 0 radical (unpaired) electrons. The molecular weight excluding hydrogens is 426 g/mol. The number of carbonyl (C=O) groups is 2. The molecule has 8 heteroatoms. The van der Waals surface area contributed by atoms with E-state index in [2.05, 4.69) is 5.32 Å². The van der Waals surface area contributed by atoms with Crippen LogP contribution in [0, 0.1) is 18.6 Å². The highest BCUT2D eigenvalue weighted by Crippen LogP contribution is 2.33. The predicted octanol–water partition coefficient (Wildman–Crippen LogP) is 3.99. The van der Waals surface area contributed by atoms with Gasteiger partial charge < -0.3 is 19.7 Å². The molecule has 1 aromatic heterocycles. The first-order valence-electron chi connectivity index (χ1n) is 10.9. The van der Waals surface area contributed by atoms with Crippen LogP contribution in [0.1, 0.15) is 29.3 Å². The number of fused-ring (bicyclic) bond motifs is 1. The quantitative estimate of drug-likeness (QED) is 0.656. The van der Waals surface area contributed by atoms with E-state index in [-0.39, 0.29) is 24.4 Å². The summed E-state index contributed by atoms with van der Waals surface area (Å²) in [4.78, 5) is 29.2. The standard InChI is InChI=1S/C25H24F2N4O2/c1-16-4-7-19(8-5-16)31-15-18(14-23(31)32)28-25(33)30-12-11-29-10-2-3-22(29)24(30)17-6-9-20(26)21(27)13-17/h2-10,13,18,24H,11-12,14-15H2,1H3,(H,28,33). The van der Waals surface area contributed by atoms with Crippen molar-refractivity contribution >= 4 is 17.6 Å². The Labute approximate surface area is 190 Å². The number of hydrogen-bond acceptors (Lipinski definition) is 2. The molecule has 2 aromatic carbocycles. The molecule has 2 unspecified atom stereocenters. The molecule has 2 aliphatic heterocycles. The van der Waals surface area contributed by atoms with Gasteiger partial charge in [-0.1, -0.05) is 23.8 Å². The first-order chi connectivity index (χ1) is 15.9. The molecule has 170 valence electrons. The number of urea groups is 1. The number of hydrogen-bond donors (Lipinski definition) is 1. The van der Waals surface area contributed by atoms with E-state index >= 15 is 0 Å². The van der Waals surface area contributed by atoms with Gasteiger partial charge >= 0.3 is 6.03 Å². The Morgan fingerprint density at radius 2 is 1.82 bits per heavy atom. The van der Waals surface area contributed by atoms with Gasteiger partial charge in [-0.3, -0.25) is 4.79 Å². The minimum atomic E-state index is -0.952. The highest BCUT2D eigenvalue weighted by molar-refractivity contribution is 5.96. The largest absolute Gasteiger partial charge is 0.348 e. The molecule has 3 amide bonds. The van der Waals surface area contributed by atoms with Crippen LogP contribution in [-0.2, 0) is 11.3 Å². The molecule has 1 fully saturated rings. The zero-order chi connectivity index (χ0) is 23.1. The maximum absolute atomic E-state index is 14.0. The lowest BCUT2D eigenvalue weighted by Gasteiger charge is -2.37. The number of nitrogens with one attached hydrogen (secondary N) is 1. The van der Waals surface area contributed by atoms with E-state index in [0.717, 1.165) is 29.1 Å². The van der Waals surface area contributed by atoms with Crippen molar-refractivity contribution in [2.24, 2.45) is 0 Å². The lowest BCUT2D eigenvalue weighted by molar-refractivity contribution is -0.117. The molecule has 2 atom stereocenters. The monoisotopic (exact) mass is 450 g/mol. The van der Waals surface area contributed by atoms with Crippen LogP contribution < -0.4 is 10.2 Å². The van der Waals surface area contributed by atoms with E-state index < -0.39 is 17.7 Å². The van der Waals surface area contributed by atoms with Gasteiger partial charge in [-0.15, -0.1) is 0 Å². The topological polar surface area (TPSA) is 57.6 Å². The fraction of sp³-hybridized carbons (Fsp3) is 0.280. The number of aromatic nitrogens is 1. The van der Waals surface area contributed by atoms with Crippen LogP contribution in [0.4, 0.5) is 19.3 Å². The van der Waals surface area contributed by atoms with Gasteiger partial charge in [0.1, 0.15) is 0 Å². The van der Waals surface area contributed by atoms with Crippen molar-refractivity contribution in [3.63, 3.8) is 0 Å². The SMILES string of the molecule is Cc1ccc(N2CC(NC(=O)N3CCn4cccc4C3c3ccc(F)c(F)c3)CC2=O)cc1. The van der Waals surface area contributed by atoms with Crippen molar-refractivity contribution in [2.75, 3.05) is 18.0 Å². The van der Waals surface area contributed by atoms with Crippen LogP contribution in [0.5, 0.6) is 0 Å². The summed E-state index contributed by atoms with van der Waals surface area (Å²) in [6.45, 7) is 3.36. The zero-order valence-corrected chi connectivity index (χ0v) is 18.2. The van der Waals surface area contributed by atoms with Crippen molar-refractivity contribution in [3.05, 3.63) is 89.2 Å². The molecule has 3 aromatic rings. The molecule has 6 nitrogen and oxygen atoms in total. The van der Waals surface area contributed by atoms with Crippen molar-refractivity contribution in [3.8, 4) is 0 Å². The van der Waals surface area contributed by atoms with Crippen molar-refractivity contribution in [1.82, 2.24) is 14.8 Å². The van der Waals surface area contributed by atoms with Gasteiger partial charge in [0.15, 0.2) is 11.6 Å². The summed E-state index contributed by atoms with van der Waals surface area (Å²) in [5.41, 5.74) is 3.23. The molecule has 2 aliphatic rings. The van der Waals surface area contributed by atoms with Crippen LogP contribution in [0.3, 0.4) is 0 Å². The summed E-state index contributed by atoms with van der Waals surface area (Å²) in [5.74, 6) is -1.93. The Balaban J connectivity index is 1.36. The van der Waals surface area contributed by atoms with Crippen LogP contribution in [0.2, 0.25) is 0 Å². The van der Waals surface area contributed by atoms with Crippen LogP contribution in [0.15, 0.2) is 60.8 Å². The van der Waals surface area contributed by atoms with Crippen LogP contribution in [0.25, 0.3) is 0 Å². The minimum absolute atomic E-state index is 0.0474. The molecule has 1 saturated heterocycles. The minimum Gasteiger partial charge on any atom is -0.348 e. The van der Waals surface area contributed by atoms with Gasteiger partial charge in [-0.05, 0) is 48.9 Å². The van der Waals surface area contributed by atoms with Crippen molar-refractivity contribution in [2.45, 2.75) is 32.0 Å². The van der Waals surface area contributed by atoms with Gasteiger partial charge in [0, 0.05) is 43.6 Å². The van der Waals surface area contributed by atoms with E-state index in [0.29, 0.717) is 25.2 Å². The van der Waals surface area contributed by atoms with E-state index in [4.69, 9.17) is 0 Å². The number of rotatable bonds is 3. The van der Waals surface area contributed by atoms with Crippen molar-refractivity contribution < 1.29 is 18.4 Å². The number of amides is 3. The highest BCUT2D eigenvalue weighted by Gasteiger charge is 2.36. The Morgan fingerprint density at radius 1 is 1.03 bits per heavy atom. The zero-order valence-electron chi connectivity index (χ0n) is 18.2. The molecule has 3 heterocycles. The maximum atomic E-state index is 14.0. The Morgan fingerprint density at radius 3 is 2.58 bits per heavy atom. The van der Waals surface area contributed by atoms with Gasteiger partial charge in [0.25, 0.3) is 0 Å². The maximum Gasteiger partial charge on any atom is 0.318 e. The summed E-state index contributed by atoms with van der Waals surface area (Å²) < 4.78 is 29.6. The first kappa shape index (κ1) is 21.2. The van der Waals surface area contributed by atoms with E-state index in [1.807, 2.05) is 54.1 Å². The Bertz CT molecular complexity index is 1210. The lowest BCUT2D eigenvalue weighted by atomic mass is 10.00. The average Bonchev–Trinajstić information content (AvgIpc) is 3.42. The van der Waals surface area contributed by atoms with Crippen LogP contribution in [-0.4, -0.2) is 40.5 Å². The molecule has 0 saturated carbocycles. The number of anilines is 1. The highest BCUT2D eigenvalue weighted by atomic mass is 19.2. The second kappa shape index (κ2) is 8.35. The van der Waals surface area contributed by atoms with Gasteiger partial charge in [0.05, 0.1) is 12.1 Å². The molecule has 33 heavy (non-hydrogen) atoms. The Hall–Kier alpha value is -3.68. The second-order valence-electron chi connectivity index (χ2n) is 8.59. The molecule has 5 rings (SSSR count). The molecule has 0 bridgehead atoms. The van der Waals surface area contributed by atoms with Gasteiger partial charge in [-0.2, -0.15) is 0 Å². The molecule has 0 spiro atoms. The Kier molecular flexibility index (Phi) is 5.36. The third kappa shape index (κ3) is 3.97. The number of aryl methyl sites for hydroxylation is 1. The predicted molar refractivity (Wildman–Crippen MR) is 120 cm³/mol. The van der Waals surface area contributed by atoms with Crippen molar-refractivity contribution in [1.29, 1.82) is 0 Å². The molecule has 0 aliphatic carbocycles. The fourth-order valence-corrected chi connectivity index (χ4v) is 4.67. The lowest BCUT2D eigenvalue weighted by Crippen LogP contribution is -2.50. The summed E-state index contributed by atoms with van der Waals surface area (Å²) in [6.07, 6.45) is 2.12. The number of carbonyl (C=O) groups excluding carboxylic acids is 2. The van der Waals surface area contributed by atoms with E-state index in [9.17, 15) is 18.4 Å².